The SMILES string of the molecule is CCCS(=O)(=O)Nc1cccc(C(=O)Nc2nc(CN3C[C@@H](C)O[C@@H](C)C3)cs2)c1. The molecule has 2 aromatic rings. The van der Waals surface area contributed by atoms with Gasteiger partial charge in [0.15, 0.2) is 5.13 Å². The number of hydrogen-bond donors (Lipinski definition) is 2. The molecule has 30 heavy (non-hydrogen) atoms. The van der Waals surface area contributed by atoms with Crippen LogP contribution in [0.15, 0.2) is 29.6 Å². The van der Waals surface area contributed by atoms with Gasteiger partial charge >= 0.3 is 0 Å². The fourth-order valence-corrected chi connectivity index (χ4v) is 5.29. The summed E-state index contributed by atoms with van der Waals surface area (Å²) in [5.74, 6) is -0.299. The van der Waals surface area contributed by atoms with Crippen LogP contribution in [0.4, 0.5) is 10.8 Å². The first-order valence-electron chi connectivity index (χ1n) is 9.98. The average molecular weight is 453 g/mol. The Bertz CT molecular complexity index is 967. The van der Waals surface area contributed by atoms with Gasteiger partial charge in [-0.1, -0.05) is 13.0 Å². The summed E-state index contributed by atoms with van der Waals surface area (Å²) >= 11 is 1.37. The van der Waals surface area contributed by atoms with E-state index in [1.54, 1.807) is 25.1 Å². The van der Waals surface area contributed by atoms with Gasteiger partial charge in [-0.3, -0.25) is 19.7 Å². The van der Waals surface area contributed by atoms with E-state index in [1.807, 2.05) is 5.38 Å². The first-order chi connectivity index (χ1) is 14.2. The minimum absolute atomic E-state index is 0.0337. The molecule has 2 N–H and O–H groups in total. The minimum atomic E-state index is -3.41. The van der Waals surface area contributed by atoms with E-state index in [0.29, 0.717) is 29.3 Å². The highest BCUT2D eigenvalue weighted by Gasteiger charge is 2.23. The molecule has 1 fully saturated rings. The molecule has 0 radical (unpaired) electrons. The highest BCUT2D eigenvalue weighted by atomic mass is 32.2. The molecule has 2 heterocycles. The molecule has 164 valence electrons. The topological polar surface area (TPSA) is 101 Å². The monoisotopic (exact) mass is 452 g/mol. The lowest BCUT2D eigenvalue weighted by atomic mass is 10.2. The second kappa shape index (κ2) is 9.86. The maximum Gasteiger partial charge on any atom is 0.257 e. The maximum absolute atomic E-state index is 12.6. The summed E-state index contributed by atoms with van der Waals surface area (Å²) in [4.78, 5) is 19.4. The number of aromatic nitrogens is 1. The molecule has 0 unspecified atom stereocenters. The van der Waals surface area contributed by atoms with Gasteiger partial charge < -0.3 is 4.74 Å². The average Bonchev–Trinajstić information content (AvgIpc) is 3.07. The molecular formula is C20H28N4O4S2. The number of carbonyl (C=O) groups excluding carboxylic acids is 1. The van der Waals surface area contributed by atoms with Gasteiger partial charge in [0.1, 0.15) is 0 Å². The summed E-state index contributed by atoms with van der Waals surface area (Å²) in [7, 11) is -3.41. The zero-order valence-electron chi connectivity index (χ0n) is 17.4. The van der Waals surface area contributed by atoms with Gasteiger partial charge in [0, 0.05) is 36.3 Å². The Balaban J connectivity index is 1.61. The molecule has 10 heteroatoms. The number of anilines is 2. The molecule has 1 aliphatic rings. The van der Waals surface area contributed by atoms with Crippen LogP contribution in [-0.4, -0.2) is 55.3 Å². The Labute approximate surface area is 181 Å². The molecule has 0 bridgehead atoms. The zero-order chi connectivity index (χ0) is 21.7. The van der Waals surface area contributed by atoms with Crippen LogP contribution in [-0.2, 0) is 21.3 Å². The second-order valence-corrected chi connectivity index (χ2v) is 10.3. The lowest BCUT2D eigenvalue weighted by Gasteiger charge is -2.34. The van der Waals surface area contributed by atoms with Crippen molar-refractivity contribution < 1.29 is 17.9 Å². The summed E-state index contributed by atoms with van der Waals surface area (Å²) in [5.41, 5.74) is 1.63. The second-order valence-electron chi connectivity index (χ2n) is 7.55. The Kier molecular flexibility index (Phi) is 7.45. The first-order valence-corrected chi connectivity index (χ1v) is 12.5. The third-order valence-electron chi connectivity index (χ3n) is 4.52. The third-order valence-corrected chi connectivity index (χ3v) is 6.82. The van der Waals surface area contributed by atoms with E-state index >= 15 is 0 Å². The van der Waals surface area contributed by atoms with Crippen molar-refractivity contribution in [3.05, 3.63) is 40.9 Å². The molecule has 0 aliphatic carbocycles. The molecule has 2 atom stereocenters. The quantitative estimate of drug-likeness (QED) is 0.638. The van der Waals surface area contributed by atoms with E-state index in [1.165, 1.54) is 17.4 Å². The summed E-state index contributed by atoms with van der Waals surface area (Å²) < 4.78 is 32.1. The fourth-order valence-electron chi connectivity index (χ4n) is 3.47. The molecule has 0 saturated carbocycles. The molecular weight excluding hydrogens is 424 g/mol. The van der Waals surface area contributed by atoms with Gasteiger partial charge in [-0.05, 0) is 38.5 Å². The first kappa shape index (κ1) is 22.7. The van der Waals surface area contributed by atoms with Crippen molar-refractivity contribution in [1.82, 2.24) is 9.88 Å². The minimum Gasteiger partial charge on any atom is -0.373 e. The van der Waals surface area contributed by atoms with Gasteiger partial charge in [0.05, 0.1) is 23.7 Å². The standard InChI is InChI=1S/C20H28N4O4S2/c1-4-8-30(26,27)23-17-7-5-6-16(9-17)19(25)22-20-21-18(13-29-20)12-24-10-14(2)28-15(3)11-24/h5-7,9,13-15,23H,4,8,10-12H2,1-3H3,(H,21,22,25)/t14-,15+. The van der Waals surface area contributed by atoms with E-state index in [9.17, 15) is 13.2 Å². The van der Waals surface area contributed by atoms with E-state index < -0.39 is 10.0 Å². The van der Waals surface area contributed by atoms with Gasteiger partial charge in [0.25, 0.3) is 5.91 Å². The van der Waals surface area contributed by atoms with E-state index in [-0.39, 0.29) is 23.9 Å². The Morgan fingerprint density at radius 3 is 2.73 bits per heavy atom. The number of sulfonamides is 1. The van der Waals surface area contributed by atoms with Crippen molar-refractivity contribution in [1.29, 1.82) is 0 Å². The summed E-state index contributed by atoms with van der Waals surface area (Å²) in [6.07, 6.45) is 0.895. The van der Waals surface area contributed by atoms with E-state index in [0.717, 1.165) is 18.8 Å². The Morgan fingerprint density at radius 2 is 2.03 bits per heavy atom. The highest BCUT2D eigenvalue weighted by molar-refractivity contribution is 7.92. The van der Waals surface area contributed by atoms with E-state index in [4.69, 9.17) is 4.74 Å². The van der Waals surface area contributed by atoms with Crippen molar-refractivity contribution >= 4 is 38.1 Å². The molecule has 1 amide bonds. The van der Waals surface area contributed by atoms with Gasteiger partial charge in [0.2, 0.25) is 10.0 Å². The van der Waals surface area contributed by atoms with Crippen molar-refractivity contribution in [3.8, 4) is 0 Å². The lowest BCUT2D eigenvalue weighted by Crippen LogP contribution is -2.44. The van der Waals surface area contributed by atoms with Crippen LogP contribution in [0.25, 0.3) is 0 Å². The molecule has 3 rings (SSSR count). The number of rotatable bonds is 8. The largest absolute Gasteiger partial charge is 0.373 e. The van der Waals surface area contributed by atoms with Gasteiger partial charge in [-0.15, -0.1) is 11.3 Å². The van der Waals surface area contributed by atoms with Crippen LogP contribution >= 0.6 is 11.3 Å². The van der Waals surface area contributed by atoms with Crippen LogP contribution in [0.5, 0.6) is 0 Å². The van der Waals surface area contributed by atoms with Crippen molar-refractivity contribution in [2.24, 2.45) is 0 Å². The number of ether oxygens (including phenoxy) is 1. The number of morpholine rings is 1. The number of thiazole rings is 1. The van der Waals surface area contributed by atoms with Crippen LogP contribution in [0.2, 0.25) is 0 Å². The number of hydrogen-bond acceptors (Lipinski definition) is 7. The van der Waals surface area contributed by atoms with Crippen molar-refractivity contribution in [2.45, 2.75) is 45.9 Å². The summed E-state index contributed by atoms with van der Waals surface area (Å²) in [5, 5.41) is 5.25. The Morgan fingerprint density at radius 1 is 1.30 bits per heavy atom. The van der Waals surface area contributed by atoms with Gasteiger partial charge in [-0.2, -0.15) is 0 Å². The predicted molar refractivity (Wildman–Crippen MR) is 119 cm³/mol. The summed E-state index contributed by atoms with van der Waals surface area (Å²) in [6, 6.07) is 6.42. The number of carbonyl (C=O) groups is 1. The number of amides is 1. The molecule has 1 aromatic heterocycles. The maximum atomic E-state index is 12.6. The summed E-state index contributed by atoms with van der Waals surface area (Å²) in [6.45, 7) is 8.33. The number of nitrogens with one attached hydrogen (secondary N) is 2. The zero-order valence-corrected chi connectivity index (χ0v) is 19.1. The smallest absolute Gasteiger partial charge is 0.257 e. The normalized spacial score (nSPS) is 20.1. The van der Waals surface area contributed by atoms with Crippen LogP contribution in [0.1, 0.15) is 43.2 Å². The van der Waals surface area contributed by atoms with Crippen molar-refractivity contribution in [2.75, 3.05) is 28.9 Å². The number of nitrogens with zero attached hydrogens (tertiary/aromatic N) is 2. The van der Waals surface area contributed by atoms with Crippen molar-refractivity contribution in [3.63, 3.8) is 0 Å². The van der Waals surface area contributed by atoms with Gasteiger partial charge in [-0.25, -0.2) is 13.4 Å². The van der Waals surface area contributed by atoms with Crippen LogP contribution in [0.3, 0.4) is 0 Å². The predicted octanol–water partition coefficient (Wildman–Crippen LogP) is 3.16. The fraction of sp³-hybridized carbons (Fsp3) is 0.500. The molecule has 1 saturated heterocycles. The highest BCUT2D eigenvalue weighted by Crippen LogP contribution is 2.21. The van der Waals surface area contributed by atoms with Crippen LogP contribution in [0, 0.1) is 0 Å². The van der Waals surface area contributed by atoms with E-state index in [2.05, 4.69) is 33.8 Å². The third kappa shape index (κ3) is 6.49. The molecule has 1 aliphatic heterocycles. The Hall–Kier alpha value is -2.01. The lowest BCUT2D eigenvalue weighted by molar-refractivity contribution is -0.0707. The number of benzene rings is 1. The molecule has 8 nitrogen and oxygen atoms in total. The molecule has 1 aromatic carbocycles. The molecule has 0 spiro atoms. The van der Waals surface area contributed by atoms with Crippen LogP contribution < -0.4 is 10.0 Å².